The molecular weight excluding hydrogens is 274 g/mol. The minimum Gasteiger partial charge on any atom is -0.497 e. The Morgan fingerprint density at radius 1 is 0.955 bits per heavy atom. The second-order valence-corrected chi connectivity index (χ2v) is 5.81. The molecule has 1 aromatic heterocycles. The minimum absolute atomic E-state index is 0.450. The predicted octanol–water partition coefficient (Wildman–Crippen LogP) is 4.47. The number of pyridine rings is 1. The number of nitrogens with zero attached hydrogens (tertiary/aromatic N) is 1. The summed E-state index contributed by atoms with van der Waals surface area (Å²) >= 11 is 0. The lowest BCUT2D eigenvalue weighted by Crippen LogP contribution is -2.08. The van der Waals surface area contributed by atoms with Crippen LogP contribution in [0.3, 0.4) is 0 Å². The summed E-state index contributed by atoms with van der Waals surface area (Å²) < 4.78 is 10.7. The third-order valence-corrected chi connectivity index (χ3v) is 4.39. The first kappa shape index (κ1) is 16.3. The second kappa shape index (κ2) is 7.83. The van der Waals surface area contributed by atoms with Crippen molar-refractivity contribution >= 4 is 0 Å². The normalized spacial score (nSPS) is 13.5. The van der Waals surface area contributed by atoms with E-state index in [1.54, 1.807) is 14.2 Å². The standard InChI is InChI=1S/C19H25NO2/c1-14(5-6-16-7-9-20-10-8-16)15(2)17-11-18(21-3)13-19(12-17)22-4/h7-15H,5-6H2,1-4H3/t14-,15-/m0/s1. The smallest absolute Gasteiger partial charge is 0.122 e. The number of ether oxygens (including phenoxy) is 2. The van der Waals surface area contributed by atoms with E-state index in [0.29, 0.717) is 11.8 Å². The van der Waals surface area contributed by atoms with Gasteiger partial charge in [0.05, 0.1) is 14.2 Å². The molecule has 2 atom stereocenters. The number of hydrogen-bond donors (Lipinski definition) is 0. The first-order valence-corrected chi connectivity index (χ1v) is 7.76. The zero-order chi connectivity index (χ0) is 15.9. The summed E-state index contributed by atoms with van der Waals surface area (Å²) in [6.07, 6.45) is 5.94. The topological polar surface area (TPSA) is 31.4 Å². The number of aryl methyl sites for hydroxylation is 1. The third kappa shape index (κ3) is 4.23. The molecule has 0 N–H and O–H groups in total. The fourth-order valence-electron chi connectivity index (χ4n) is 2.61. The molecule has 22 heavy (non-hydrogen) atoms. The Labute approximate surface area is 133 Å². The van der Waals surface area contributed by atoms with E-state index in [4.69, 9.17) is 9.47 Å². The summed E-state index contributed by atoms with van der Waals surface area (Å²) in [5.41, 5.74) is 2.61. The fraction of sp³-hybridized carbons (Fsp3) is 0.421. The van der Waals surface area contributed by atoms with Crippen molar-refractivity contribution in [1.82, 2.24) is 4.98 Å². The van der Waals surface area contributed by atoms with Gasteiger partial charge in [-0.1, -0.05) is 13.8 Å². The minimum atomic E-state index is 0.450. The van der Waals surface area contributed by atoms with Crippen LogP contribution in [0.4, 0.5) is 0 Å². The molecule has 2 aromatic rings. The molecule has 1 aromatic carbocycles. The maximum Gasteiger partial charge on any atom is 0.122 e. The Hall–Kier alpha value is -2.03. The van der Waals surface area contributed by atoms with Crippen molar-refractivity contribution < 1.29 is 9.47 Å². The molecule has 0 amide bonds. The van der Waals surface area contributed by atoms with Crippen molar-refractivity contribution in [2.45, 2.75) is 32.6 Å². The lowest BCUT2D eigenvalue weighted by molar-refractivity contribution is 0.389. The molecule has 3 nitrogen and oxygen atoms in total. The van der Waals surface area contributed by atoms with Gasteiger partial charge in [0.2, 0.25) is 0 Å². The number of benzene rings is 1. The van der Waals surface area contributed by atoms with Gasteiger partial charge < -0.3 is 9.47 Å². The summed E-state index contributed by atoms with van der Waals surface area (Å²) in [5.74, 6) is 2.72. The van der Waals surface area contributed by atoms with Gasteiger partial charge in [-0.2, -0.15) is 0 Å². The van der Waals surface area contributed by atoms with Crippen LogP contribution in [0.25, 0.3) is 0 Å². The van der Waals surface area contributed by atoms with Crippen LogP contribution in [0, 0.1) is 5.92 Å². The Morgan fingerprint density at radius 3 is 2.09 bits per heavy atom. The van der Waals surface area contributed by atoms with E-state index in [0.717, 1.165) is 24.3 Å². The Morgan fingerprint density at radius 2 is 1.55 bits per heavy atom. The van der Waals surface area contributed by atoms with Crippen LogP contribution in [0.2, 0.25) is 0 Å². The molecule has 0 spiro atoms. The molecular formula is C19H25NO2. The average Bonchev–Trinajstić information content (AvgIpc) is 2.59. The van der Waals surface area contributed by atoms with E-state index in [1.807, 2.05) is 18.5 Å². The van der Waals surface area contributed by atoms with Crippen LogP contribution < -0.4 is 9.47 Å². The molecule has 0 aliphatic heterocycles. The Bertz CT molecular complexity index is 561. The molecule has 0 radical (unpaired) electrons. The lowest BCUT2D eigenvalue weighted by Gasteiger charge is -2.21. The number of rotatable bonds is 7. The van der Waals surface area contributed by atoms with Crippen molar-refractivity contribution in [2.24, 2.45) is 5.92 Å². The molecule has 0 aliphatic rings. The molecule has 2 rings (SSSR count). The highest BCUT2D eigenvalue weighted by atomic mass is 16.5. The van der Waals surface area contributed by atoms with Gasteiger partial charge in [-0.3, -0.25) is 4.98 Å². The zero-order valence-corrected chi connectivity index (χ0v) is 13.9. The molecule has 0 saturated carbocycles. The van der Waals surface area contributed by atoms with Crippen molar-refractivity contribution in [3.05, 3.63) is 53.9 Å². The SMILES string of the molecule is COc1cc(OC)cc([C@@H](C)[C@@H](C)CCc2ccncc2)c1. The van der Waals surface area contributed by atoms with Gasteiger partial charge in [-0.05, 0) is 60.1 Å². The van der Waals surface area contributed by atoms with Gasteiger partial charge in [0.15, 0.2) is 0 Å². The molecule has 118 valence electrons. The monoisotopic (exact) mass is 299 g/mol. The molecule has 0 aliphatic carbocycles. The summed E-state index contributed by atoms with van der Waals surface area (Å²) in [7, 11) is 3.38. The van der Waals surface area contributed by atoms with Crippen molar-refractivity contribution in [3.8, 4) is 11.5 Å². The Kier molecular flexibility index (Phi) is 5.82. The van der Waals surface area contributed by atoms with E-state index >= 15 is 0 Å². The molecule has 0 unspecified atom stereocenters. The van der Waals surface area contributed by atoms with Crippen LogP contribution in [-0.2, 0) is 6.42 Å². The third-order valence-electron chi connectivity index (χ3n) is 4.39. The summed E-state index contributed by atoms with van der Waals surface area (Å²) in [5, 5.41) is 0. The number of methoxy groups -OCH3 is 2. The van der Waals surface area contributed by atoms with Crippen LogP contribution in [0.15, 0.2) is 42.7 Å². The van der Waals surface area contributed by atoms with Crippen LogP contribution in [-0.4, -0.2) is 19.2 Å². The highest BCUT2D eigenvalue weighted by Gasteiger charge is 2.16. The fourth-order valence-corrected chi connectivity index (χ4v) is 2.61. The van der Waals surface area contributed by atoms with Gasteiger partial charge in [0, 0.05) is 18.5 Å². The van der Waals surface area contributed by atoms with E-state index in [2.05, 4.69) is 43.1 Å². The van der Waals surface area contributed by atoms with Crippen molar-refractivity contribution in [2.75, 3.05) is 14.2 Å². The number of hydrogen-bond acceptors (Lipinski definition) is 3. The van der Waals surface area contributed by atoms with Gasteiger partial charge in [-0.25, -0.2) is 0 Å². The highest BCUT2D eigenvalue weighted by molar-refractivity contribution is 5.40. The molecule has 0 bridgehead atoms. The summed E-state index contributed by atoms with van der Waals surface area (Å²) in [4.78, 5) is 4.07. The first-order chi connectivity index (χ1) is 10.6. The average molecular weight is 299 g/mol. The van der Waals surface area contributed by atoms with E-state index in [-0.39, 0.29) is 0 Å². The van der Waals surface area contributed by atoms with Gasteiger partial charge in [0.25, 0.3) is 0 Å². The second-order valence-electron chi connectivity index (χ2n) is 5.81. The van der Waals surface area contributed by atoms with E-state index < -0.39 is 0 Å². The van der Waals surface area contributed by atoms with E-state index in [9.17, 15) is 0 Å². The maximum atomic E-state index is 5.37. The first-order valence-electron chi connectivity index (χ1n) is 7.76. The van der Waals surface area contributed by atoms with Crippen molar-refractivity contribution in [3.63, 3.8) is 0 Å². The summed E-state index contributed by atoms with van der Waals surface area (Å²) in [6, 6.07) is 10.3. The maximum absolute atomic E-state index is 5.37. The van der Waals surface area contributed by atoms with Gasteiger partial charge >= 0.3 is 0 Å². The quantitative estimate of drug-likeness (QED) is 0.756. The number of aromatic nitrogens is 1. The van der Waals surface area contributed by atoms with Gasteiger partial charge in [0.1, 0.15) is 11.5 Å². The van der Waals surface area contributed by atoms with Crippen LogP contribution >= 0.6 is 0 Å². The predicted molar refractivity (Wildman–Crippen MR) is 89.7 cm³/mol. The zero-order valence-electron chi connectivity index (χ0n) is 13.9. The Balaban J connectivity index is 2.05. The largest absolute Gasteiger partial charge is 0.497 e. The highest BCUT2D eigenvalue weighted by Crippen LogP contribution is 2.33. The lowest BCUT2D eigenvalue weighted by atomic mass is 9.85. The van der Waals surface area contributed by atoms with Gasteiger partial charge in [-0.15, -0.1) is 0 Å². The molecule has 3 heteroatoms. The van der Waals surface area contributed by atoms with Crippen molar-refractivity contribution in [1.29, 1.82) is 0 Å². The van der Waals surface area contributed by atoms with E-state index in [1.165, 1.54) is 11.1 Å². The van der Waals surface area contributed by atoms with Crippen LogP contribution in [0.1, 0.15) is 37.3 Å². The molecule has 0 fully saturated rings. The van der Waals surface area contributed by atoms with Crippen LogP contribution in [0.5, 0.6) is 11.5 Å². The molecule has 0 saturated heterocycles. The molecule has 1 heterocycles. The summed E-state index contributed by atoms with van der Waals surface area (Å²) in [6.45, 7) is 4.57.